The number of amidine groups is 3. The Kier molecular flexibility index (Phi) is 6.62. The molecule has 0 saturated heterocycles. The second-order valence-corrected chi connectivity index (χ2v) is 9.43. The Bertz CT molecular complexity index is 1430. The van der Waals surface area contributed by atoms with E-state index in [9.17, 15) is 10.2 Å². The van der Waals surface area contributed by atoms with E-state index < -0.39 is 11.2 Å². The molecular formula is C25H28N12O2. The third kappa shape index (κ3) is 4.57. The molecule has 0 amide bonds. The van der Waals surface area contributed by atoms with E-state index in [1.807, 2.05) is 0 Å². The van der Waals surface area contributed by atoms with Gasteiger partial charge < -0.3 is 25.2 Å². The third-order valence-corrected chi connectivity index (χ3v) is 6.83. The lowest BCUT2D eigenvalue weighted by Gasteiger charge is -2.22. The van der Waals surface area contributed by atoms with Crippen LogP contribution in [0.2, 0.25) is 0 Å². The zero-order chi connectivity index (χ0) is 26.7. The van der Waals surface area contributed by atoms with Crippen molar-refractivity contribution in [2.24, 2.45) is 30.0 Å². The van der Waals surface area contributed by atoms with Gasteiger partial charge in [0.25, 0.3) is 0 Å². The predicted molar refractivity (Wildman–Crippen MR) is 146 cm³/mol. The Morgan fingerprint density at radius 3 is 2.08 bits per heavy atom. The molecule has 6 heterocycles. The number of aromatic amines is 3. The van der Waals surface area contributed by atoms with E-state index in [4.69, 9.17) is 0 Å². The Morgan fingerprint density at radius 1 is 0.769 bits per heavy atom. The highest BCUT2D eigenvalue weighted by molar-refractivity contribution is 6.20. The van der Waals surface area contributed by atoms with Crippen molar-refractivity contribution in [3.63, 3.8) is 0 Å². The van der Waals surface area contributed by atoms with Gasteiger partial charge in [-0.05, 0) is 19.3 Å². The van der Waals surface area contributed by atoms with E-state index in [0.29, 0.717) is 30.6 Å². The monoisotopic (exact) mass is 528 g/mol. The van der Waals surface area contributed by atoms with E-state index in [-0.39, 0.29) is 23.5 Å². The summed E-state index contributed by atoms with van der Waals surface area (Å²) in [5.74, 6) is 1.66. The van der Waals surface area contributed by atoms with Crippen LogP contribution in [0.3, 0.4) is 0 Å². The molecule has 0 fully saturated rings. The van der Waals surface area contributed by atoms with Crippen molar-refractivity contribution in [2.75, 3.05) is 13.1 Å². The molecule has 3 aromatic rings. The molecule has 0 aromatic carbocycles. The summed E-state index contributed by atoms with van der Waals surface area (Å²) >= 11 is 0. The SMILES string of the molecule is OC(C1=NCC=N1)(C1=NCC(CCCCCC2C=NC(C(O)(c3ncc[nH]3)c3ncc[nH]3)=N2)=N1)c1ncc[nH]1. The van der Waals surface area contributed by atoms with Crippen LogP contribution in [0.4, 0.5) is 0 Å². The number of aliphatic hydroxyl groups is 2. The Labute approximate surface area is 223 Å². The number of hydrogen-bond donors (Lipinski definition) is 5. The first kappa shape index (κ1) is 24.9. The summed E-state index contributed by atoms with van der Waals surface area (Å²) in [5.41, 5.74) is -2.46. The molecule has 3 aliphatic rings. The number of hydrogen-bond acceptors (Lipinski definition) is 11. The highest BCUT2D eigenvalue weighted by Gasteiger charge is 2.46. The molecule has 0 saturated carbocycles. The zero-order valence-corrected chi connectivity index (χ0v) is 21.1. The Balaban J connectivity index is 1.03. The van der Waals surface area contributed by atoms with Crippen LogP contribution in [-0.4, -0.2) is 94.9 Å². The molecular weight excluding hydrogens is 500 g/mol. The topological polar surface area (TPSA) is 201 Å². The lowest BCUT2D eigenvalue weighted by Crippen LogP contribution is -2.42. The number of imidazole rings is 3. The molecule has 3 aromatic heterocycles. The highest BCUT2D eigenvalue weighted by Crippen LogP contribution is 2.30. The van der Waals surface area contributed by atoms with E-state index in [1.54, 1.807) is 49.6 Å². The Hall–Kier alpha value is -4.43. The second-order valence-electron chi connectivity index (χ2n) is 9.43. The lowest BCUT2D eigenvalue weighted by molar-refractivity contribution is 0.136. The fourth-order valence-electron chi connectivity index (χ4n) is 4.81. The number of nitrogens with zero attached hydrogens (tertiary/aromatic N) is 9. The number of H-pyrrole nitrogens is 3. The highest BCUT2D eigenvalue weighted by atomic mass is 16.3. The molecule has 39 heavy (non-hydrogen) atoms. The predicted octanol–water partition coefficient (Wildman–Crippen LogP) is 1.12. The number of nitrogens with one attached hydrogen (secondary N) is 3. The van der Waals surface area contributed by atoms with Gasteiger partial charge in [0.1, 0.15) is 0 Å². The average Bonchev–Trinajstić information content (AvgIpc) is 3.82. The van der Waals surface area contributed by atoms with Crippen LogP contribution >= 0.6 is 0 Å². The molecule has 0 radical (unpaired) electrons. The number of rotatable bonds is 12. The van der Waals surface area contributed by atoms with Gasteiger partial charge in [-0.2, -0.15) is 0 Å². The number of unbranched alkanes of at least 4 members (excludes halogenated alkanes) is 2. The van der Waals surface area contributed by atoms with Crippen molar-refractivity contribution in [2.45, 2.75) is 49.3 Å². The van der Waals surface area contributed by atoms with Crippen molar-refractivity contribution in [3.8, 4) is 0 Å². The van der Waals surface area contributed by atoms with Gasteiger partial charge in [-0.1, -0.05) is 12.8 Å². The van der Waals surface area contributed by atoms with Crippen LogP contribution in [0.1, 0.15) is 49.6 Å². The van der Waals surface area contributed by atoms with Crippen molar-refractivity contribution in [1.29, 1.82) is 0 Å². The van der Waals surface area contributed by atoms with Gasteiger partial charge in [-0.3, -0.25) is 15.0 Å². The van der Waals surface area contributed by atoms with Crippen LogP contribution in [-0.2, 0) is 11.2 Å². The van der Waals surface area contributed by atoms with Crippen molar-refractivity contribution in [1.82, 2.24) is 29.9 Å². The summed E-state index contributed by atoms with van der Waals surface area (Å²) in [4.78, 5) is 48.2. The molecule has 0 aliphatic carbocycles. The van der Waals surface area contributed by atoms with Crippen LogP contribution < -0.4 is 0 Å². The lowest BCUT2D eigenvalue weighted by atomic mass is 10.0. The first-order valence-electron chi connectivity index (χ1n) is 12.8. The van der Waals surface area contributed by atoms with Gasteiger partial charge in [0, 0.05) is 55.3 Å². The second kappa shape index (κ2) is 10.4. The summed E-state index contributed by atoms with van der Waals surface area (Å²) in [6.45, 7) is 0.834. The standard InChI is InChI=1S/C25H28N12O2/c38-24(18-26-6-7-27-18,19-28-8-9-29-19)22-34-14-16(36-22)4-2-1-3-5-17-15-35-23(37-17)25(39,20-30-10-11-31-20)21-32-12-13-33-21/h6-12,14,16,38-39H,1-5,13,15H2,(H,26,27)(H,28,29)(H,30,31). The molecule has 0 bridgehead atoms. The average molecular weight is 529 g/mol. The molecule has 0 spiro atoms. The van der Waals surface area contributed by atoms with Crippen LogP contribution in [0.5, 0.6) is 0 Å². The molecule has 6 rings (SSSR count). The molecule has 3 aliphatic heterocycles. The molecule has 14 heteroatoms. The Morgan fingerprint density at radius 2 is 1.46 bits per heavy atom. The van der Waals surface area contributed by atoms with E-state index in [1.165, 1.54) is 0 Å². The summed E-state index contributed by atoms with van der Waals surface area (Å²) in [6.07, 6.45) is 17.4. The van der Waals surface area contributed by atoms with Gasteiger partial charge in [0.05, 0.1) is 19.1 Å². The van der Waals surface area contributed by atoms with Crippen LogP contribution in [0.15, 0.2) is 67.1 Å². The summed E-state index contributed by atoms with van der Waals surface area (Å²) < 4.78 is 0. The van der Waals surface area contributed by atoms with Crippen molar-refractivity contribution < 1.29 is 10.2 Å². The van der Waals surface area contributed by atoms with Gasteiger partial charge in [0.2, 0.25) is 11.2 Å². The smallest absolute Gasteiger partial charge is 0.241 e. The molecule has 5 N–H and O–H groups in total. The summed E-state index contributed by atoms with van der Waals surface area (Å²) in [7, 11) is 0. The zero-order valence-electron chi connectivity index (χ0n) is 21.1. The fourth-order valence-corrected chi connectivity index (χ4v) is 4.81. The van der Waals surface area contributed by atoms with Crippen molar-refractivity contribution in [3.05, 3.63) is 54.7 Å². The van der Waals surface area contributed by atoms with Crippen LogP contribution in [0, 0.1) is 0 Å². The van der Waals surface area contributed by atoms with E-state index in [0.717, 1.165) is 37.8 Å². The summed E-state index contributed by atoms with van der Waals surface area (Å²) in [6, 6.07) is -0.133. The van der Waals surface area contributed by atoms with E-state index in [2.05, 4.69) is 59.9 Å². The van der Waals surface area contributed by atoms with Crippen molar-refractivity contribution >= 4 is 35.6 Å². The number of aromatic nitrogens is 6. The maximum absolute atomic E-state index is 11.5. The minimum absolute atomic E-state index is 0.133. The van der Waals surface area contributed by atoms with Gasteiger partial charge in [0.15, 0.2) is 35.0 Å². The summed E-state index contributed by atoms with van der Waals surface area (Å²) in [5, 5.41) is 23.0. The maximum atomic E-state index is 11.5. The molecule has 2 unspecified atom stereocenters. The van der Waals surface area contributed by atoms with Gasteiger partial charge in [-0.15, -0.1) is 0 Å². The maximum Gasteiger partial charge on any atom is 0.241 e. The van der Waals surface area contributed by atoms with Gasteiger partial charge in [-0.25, -0.2) is 29.9 Å². The molecule has 200 valence electrons. The molecule has 14 nitrogen and oxygen atoms in total. The quantitative estimate of drug-likeness (QED) is 0.219. The van der Waals surface area contributed by atoms with E-state index >= 15 is 0 Å². The normalized spacial score (nSPS) is 20.2. The number of aliphatic imine (C=N–C) groups is 6. The van der Waals surface area contributed by atoms with Crippen LogP contribution in [0.25, 0.3) is 0 Å². The minimum atomic E-state index is -1.69. The minimum Gasteiger partial charge on any atom is -0.368 e. The third-order valence-electron chi connectivity index (χ3n) is 6.83. The fraction of sp³-hybridized carbons (Fsp3) is 0.400. The largest absolute Gasteiger partial charge is 0.368 e. The first-order chi connectivity index (χ1) is 19.1. The molecule has 2 atom stereocenters. The first-order valence-corrected chi connectivity index (χ1v) is 12.8. The van der Waals surface area contributed by atoms with Gasteiger partial charge >= 0.3 is 0 Å².